The number of fused-ring (bicyclic) bond motifs is 2. The van der Waals surface area contributed by atoms with Gasteiger partial charge in [0, 0.05) is 11.5 Å². The minimum atomic E-state index is -3.09. The predicted octanol–water partition coefficient (Wildman–Crippen LogP) is 8.46. The Balaban J connectivity index is 2.51. The van der Waals surface area contributed by atoms with Crippen molar-refractivity contribution < 1.29 is 39.5 Å². The van der Waals surface area contributed by atoms with Gasteiger partial charge >= 0.3 is 0 Å². The standard InChI is InChI=1S/C23H21F8OSi/c1-8(2)33(9(3)4,10(5)6)32-23-21(30)14-15(20(29)22(23)31)18(27)13-11(16(14)25)7-12(24)17(26)19(13)28/h8-10H,1-6H3. The van der Waals surface area contributed by atoms with Gasteiger partial charge in [0.2, 0.25) is 5.82 Å². The smallest absolute Gasteiger partial charge is 0.259 e. The van der Waals surface area contributed by atoms with Crippen molar-refractivity contribution in [2.45, 2.75) is 58.2 Å². The molecule has 3 aromatic carbocycles. The monoisotopic (exact) mass is 493 g/mol. The fraction of sp³-hybridized carbons (Fsp3) is 0.391. The zero-order valence-electron chi connectivity index (χ0n) is 18.7. The van der Waals surface area contributed by atoms with E-state index in [9.17, 15) is 22.0 Å². The topological polar surface area (TPSA) is 9.23 Å². The lowest BCUT2D eigenvalue weighted by Crippen LogP contribution is -2.51. The molecule has 0 bridgehead atoms. The van der Waals surface area contributed by atoms with Crippen LogP contribution in [-0.2, 0) is 0 Å². The molecule has 0 spiro atoms. The largest absolute Gasteiger partial charge is 0.539 e. The van der Waals surface area contributed by atoms with Gasteiger partial charge in [-0.25, -0.2) is 30.7 Å². The molecular formula is C23H21F8OSi. The van der Waals surface area contributed by atoms with Gasteiger partial charge in [0.05, 0.1) is 16.2 Å². The summed E-state index contributed by atoms with van der Waals surface area (Å²) in [5.74, 6) is -17.1. The average Bonchev–Trinajstić information content (AvgIpc) is 2.71. The van der Waals surface area contributed by atoms with Crippen LogP contribution in [0.25, 0.3) is 21.5 Å². The quantitative estimate of drug-likeness (QED) is 0.114. The van der Waals surface area contributed by atoms with E-state index in [0.29, 0.717) is 0 Å². The molecule has 0 amide bonds. The van der Waals surface area contributed by atoms with Crippen molar-refractivity contribution in [1.29, 1.82) is 0 Å². The van der Waals surface area contributed by atoms with Crippen molar-refractivity contribution in [2.75, 3.05) is 0 Å². The number of hydrogen-bond donors (Lipinski definition) is 0. The number of rotatable bonds is 5. The zero-order valence-corrected chi connectivity index (χ0v) is 19.7. The Morgan fingerprint density at radius 1 is 0.545 bits per heavy atom. The molecule has 0 saturated heterocycles. The molecule has 0 aliphatic carbocycles. The number of benzene rings is 3. The van der Waals surface area contributed by atoms with Gasteiger partial charge in [-0.3, -0.25) is 0 Å². The van der Waals surface area contributed by atoms with Crippen molar-refractivity contribution in [3.8, 4) is 5.75 Å². The maximum absolute atomic E-state index is 15.5. The van der Waals surface area contributed by atoms with E-state index in [-0.39, 0.29) is 16.6 Å². The van der Waals surface area contributed by atoms with Gasteiger partial charge in [-0.05, 0) is 16.6 Å². The fourth-order valence-electron chi connectivity index (χ4n) is 4.83. The van der Waals surface area contributed by atoms with Gasteiger partial charge in [-0.15, -0.1) is 0 Å². The highest BCUT2D eigenvalue weighted by Gasteiger charge is 2.48. The molecule has 0 aliphatic heterocycles. The Bertz CT molecular complexity index is 1250. The van der Waals surface area contributed by atoms with E-state index >= 15 is 13.2 Å². The van der Waals surface area contributed by atoms with Crippen molar-refractivity contribution in [3.05, 3.63) is 52.6 Å². The van der Waals surface area contributed by atoms with Crippen LogP contribution in [0.4, 0.5) is 35.1 Å². The first-order valence-electron chi connectivity index (χ1n) is 10.3. The molecule has 0 fully saturated rings. The van der Waals surface area contributed by atoms with E-state index in [1.807, 2.05) is 0 Å². The van der Waals surface area contributed by atoms with Gasteiger partial charge in [-0.1, -0.05) is 41.5 Å². The van der Waals surface area contributed by atoms with E-state index in [0.717, 1.165) is 0 Å². The Hall–Kier alpha value is -2.36. The Kier molecular flexibility index (Phi) is 6.47. The predicted molar refractivity (Wildman–Crippen MR) is 112 cm³/mol. The summed E-state index contributed by atoms with van der Waals surface area (Å²) in [5, 5.41) is -5.78. The molecule has 179 valence electrons. The lowest BCUT2D eigenvalue weighted by molar-refractivity contribution is 0.398. The maximum Gasteiger partial charge on any atom is 0.259 e. The van der Waals surface area contributed by atoms with Gasteiger partial charge < -0.3 is 4.43 Å². The molecule has 0 atom stereocenters. The molecule has 0 unspecified atom stereocenters. The Morgan fingerprint density at radius 2 is 1.00 bits per heavy atom. The van der Waals surface area contributed by atoms with E-state index < -0.39 is 82.1 Å². The summed E-state index contributed by atoms with van der Waals surface area (Å²) < 4.78 is 123. The summed E-state index contributed by atoms with van der Waals surface area (Å²) in [6, 6.07) is 1.47. The SMILES string of the molecule is CC(C)[Si](Oc1c(F)c(F)c2c(F)c3c(F)c(F)c(F)[c]c3c(F)c2c1F)(C(C)C)C(C)C. The molecule has 3 rings (SSSR count). The van der Waals surface area contributed by atoms with Crippen LogP contribution in [0.2, 0.25) is 16.6 Å². The highest BCUT2D eigenvalue weighted by molar-refractivity contribution is 6.78. The molecular weight excluding hydrogens is 472 g/mol. The summed E-state index contributed by atoms with van der Waals surface area (Å²) in [7, 11) is -3.09. The number of halogens is 8. The summed E-state index contributed by atoms with van der Waals surface area (Å²) >= 11 is 0. The van der Waals surface area contributed by atoms with E-state index in [4.69, 9.17) is 4.43 Å². The molecule has 10 heteroatoms. The van der Waals surface area contributed by atoms with E-state index in [1.54, 1.807) is 41.5 Å². The minimum absolute atomic E-state index is 0.215. The molecule has 0 aliphatic rings. The summed E-state index contributed by atoms with van der Waals surface area (Å²) in [5.41, 5.74) is -0.645. The van der Waals surface area contributed by atoms with Gasteiger partial charge in [-0.2, -0.15) is 4.39 Å². The van der Waals surface area contributed by atoms with E-state index in [2.05, 4.69) is 0 Å². The molecule has 1 radical (unpaired) electrons. The summed E-state index contributed by atoms with van der Waals surface area (Å²) in [4.78, 5) is 0. The molecule has 0 N–H and O–H groups in total. The molecule has 3 aromatic rings. The second-order valence-corrected chi connectivity index (χ2v) is 14.3. The van der Waals surface area contributed by atoms with Crippen LogP contribution in [0.3, 0.4) is 0 Å². The average molecular weight is 493 g/mol. The van der Waals surface area contributed by atoms with Crippen LogP contribution in [0, 0.1) is 52.6 Å². The van der Waals surface area contributed by atoms with Crippen molar-refractivity contribution in [1.82, 2.24) is 0 Å². The van der Waals surface area contributed by atoms with Crippen molar-refractivity contribution in [2.24, 2.45) is 0 Å². The third-order valence-electron chi connectivity index (χ3n) is 6.23. The van der Waals surface area contributed by atoms with Crippen LogP contribution in [0.5, 0.6) is 5.75 Å². The van der Waals surface area contributed by atoms with Crippen LogP contribution in [-0.4, -0.2) is 8.32 Å². The molecule has 0 heterocycles. The minimum Gasteiger partial charge on any atom is -0.539 e. The first kappa shape index (κ1) is 25.3. The lowest BCUT2D eigenvalue weighted by atomic mass is 9.99. The fourth-order valence-corrected chi connectivity index (χ4v) is 10.1. The summed E-state index contributed by atoms with van der Waals surface area (Å²) in [6.45, 7) is 10.7. The Morgan fingerprint density at radius 3 is 1.48 bits per heavy atom. The Labute approximate surface area is 186 Å². The highest BCUT2D eigenvalue weighted by Crippen LogP contribution is 2.46. The van der Waals surface area contributed by atoms with Gasteiger partial charge in [0.25, 0.3) is 8.32 Å². The maximum atomic E-state index is 15.5. The van der Waals surface area contributed by atoms with Crippen molar-refractivity contribution >= 4 is 29.9 Å². The van der Waals surface area contributed by atoms with Gasteiger partial charge in [0.1, 0.15) is 11.6 Å². The first-order valence-corrected chi connectivity index (χ1v) is 12.4. The third-order valence-corrected chi connectivity index (χ3v) is 12.2. The lowest BCUT2D eigenvalue weighted by Gasteiger charge is -2.42. The molecule has 1 nitrogen and oxygen atoms in total. The second-order valence-electron chi connectivity index (χ2n) is 8.89. The van der Waals surface area contributed by atoms with Crippen LogP contribution < -0.4 is 4.43 Å². The first-order chi connectivity index (χ1) is 15.2. The van der Waals surface area contributed by atoms with Crippen LogP contribution in [0.15, 0.2) is 0 Å². The molecule has 0 aromatic heterocycles. The highest BCUT2D eigenvalue weighted by atomic mass is 28.4. The van der Waals surface area contributed by atoms with Crippen LogP contribution in [0.1, 0.15) is 41.5 Å². The zero-order chi connectivity index (χ0) is 25.2. The van der Waals surface area contributed by atoms with Gasteiger partial charge in [0.15, 0.2) is 34.8 Å². The third kappa shape index (κ3) is 3.48. The molecule has 0 saturated carbocycles. The van der Waals surface area contributed by atoms with Crippen molar-refractivity contribution in [3.63, 3.8) is 0 Å². The molecule has 33 heavy (non-hydrogen) atoms. The number of hydrogen-bond acceptors (Lipinski definition) is 1. The van der Waals surface area contributed by atoms with Crippen LogP contribution >= 0.6 is 0 Å². The van der Waals surface area contributed by atoms with E-state index in [1.165, 1.54) is 6.07 Å². The second kappa shape index (κ2) is 8.45. The normalized spacial score (nSPS) is 12.8. The summed E-state index contributed by atoms with van der Waals surface area (Å²) in [6.07, 6.45) is 0.